The lowest BCUT2D eigenvalue weighted by atomic mass is 9.94. The molecule has 1 aromatic carbocycles. The second-order valence-corrected chi connectivity index (χ2v) is 7.14. The molecule has 2 atom stereocenters. The molecule has 1 nitrogen and oxygen atoms in total. The van der Waals surface area contributed by atoms with Gasteiger partial charge < -0.3 is 0 Å². The lowest BCUT2D eigenvalue weighted by molar-refractivity contribution is -0.121. The summed E-state index contributed by atoms with van der Waals surface area (Å²) in [6.45, 7) is 0. The Kier molecular flexibility index (Phi) is 4.62. The molecule has 0 radical (unpaired) electrons. The van der Waals surface area contributed by atoms with Crippen molar-refractivity contribution in [3.05, 3.63) is 42.0 Å². The normalized spacial score (nSPS) is 29.8. The van der Waals surface area contributed by atoms with Gasteiger partial charge in [0.05, 0.1) is 5.92 Å². The molecule has 20 heavy (non-hydrogen) atoms. The molecule has 0 heterocycles. The fourth-order valence-corrected chi connectivity index (χ4v) is 4.74. The van der Waals surface area contributed by atoms with Crippen LogP contribution in [-0.4, -0.2) is 11.0 Å². The SMILES string of the molecule is O=C1CCCCC/C=C2/CC[C@H](Sc3ccccc3)[C@@H]12. The highest BCUT2D eigenvalue weighted by Crippen LogP contribution is 2.43. The van der Waals surface area contributed by atoms with E-state index in [1.165, 1.54) is 29.7 Å². The van der Waals surface area contributed by atoms with Crippen LogP contribution in [0, 0.1) is 5.92 Å². The molecule has 0 N–H and O–H groups in total. The van der Waals surface area contributed by atoms with Crippen LogP contribution in [0.25, 0.3) is 0 Å². The molecule has 1 saturated carbocycles. The van der Waals surface area contributed by atoms with Crippen LogP contribution >= 0.6 is 11.8 Å². The predicted octanol–water partition coefficient (Wildman–Crippen LogP) is 5.02. The van der Waals surface area contributed by atoms with Gasteiger partial charge in [0, 0.05) is 16.6 Å². The highest BCUT2D eigenvalue weighted by atomic mass is 32.2. The summed E-state index contributed by atoms with van der Waals surface area (Å²) in [6.07, 6.45) is 10.1. The topological polar surface area (TPSA) is 17.1 Å². The van der Waals surface area contributed by atoms with E-state index in [-0.39, 0.29) is 5.92 Å². The molecule has 106 valence electrons. The van der Waals surface area contributed by atoms with Crippen LogP contribution in [0.1, 0.15) is 44.9 Å². The number of hydrogen-bond acceptors (Lipinski definition) is 2. The van der Waals surface area contributed by atoms with Gasteiger partial charge in [-0.15, -0.1) is 11.8 Å². The zero-order chi connectivity index (χ0) is 13.8. The van der Waals surface area contributed by atoms with Crippen molar-refractivity contribution in [3.63, 3.8) is 0 Å². The molecule has 0 spiro atoms. The molecule has 0 unspecified atom stereocenters. The van der Waals surface area contributed by atoms with Crippen LogP contribution in [0.3, 0.4) is 0 Å². The smallest absolute Gasteiger partial charge is 0.141 e. The first-order chi connectivity index (χ1) is 9.84. The predicted molar refractivity (Wildman–Crippen MR) is 85.0 cm³/mol. The number of allylic oxidation sites excluding steroid dienone is 2. The third-order valence-corrected chi connectivity index (χ3v) is 5.76. The summed E-state index contributed by atoms with van der Waals surface area (Å²) in [4.78, 5) is 13.8. The zero-order valence-corrected chi connectivity index (χ0v) is 12.7. The van der Waals surface area contributed by atoms with E-state index in [4.69, 9.17) is 0 Å². The molecule has 2 heteroatoms. The summed E-state index contributed by atoms with van der Waals surface area (Å²) < 4.78 is 0. The van der Waals surface area contributed by atoms with Crippen molar-refractivity contribution in [3.8, 4) is 0 Å². The monoisotopic (exact) mass is 286 g/mol. The van der Waals surface area contributed by atoms with Gasteiger partial charge in [-0.3, -0.25) is 4.79 Å². The first-order valence-electron chi connectivity index (χ1n) is 7.78. The average molecular weight is 286 g/mol. The minimum atomic E-state index is 0.193. The number of carbonyl (C=O) groups excluding carboxylic acids is 1. The summed E-state index contributed by atoms with van der Waals surface area (Å²) in [5, 5.41) is 0.453. The number of Topliss-reactive ketones (excluding diaryl/α,β-unsaturated/α-hetero) is 1. The lowest BCUT2D eigenvalue weighted by Gasteiger charge is -2.19. The van der Waals surface area contributed by atoms with Crippen molar-refractivity contribution in [2.24, 2.45) is 5.92 Å². The maximum Gasteiger partial charge on any atom is 0.141 e. The standard InChI is InChI=1S/C18H22OS/c19-16-11-7-2-1-4-8-14-12-13-17(18(14)16)20-15-9-5-3-6-10-15/h3,5-6,8-10,17-18H,1-2,4,7,11-13H2/b14-8-/t17-,18+/m0/s1. The van der Waals surface area contributed by atoms with E-state index in [0.29, 0.717) is 11.0 Å². The summed E-state index contributed by atoms with van der Waals surface area (Å²) in [5.41, 5.74) is 1.44. The number of thioether (sulfide) groups is 1. The van der Waals surface area contributed by atoms with Gasteiger partial charge in [0.25, 0.3) is 0 Å². The van der Waals surface area contributed by atoms with Gasteiger partial charge in [0.2, 0.25) is 0 Å². The quantitative estimate of drug-likeness (QED) is 0.710. The number of fused-ring (bicyclic) bond motifs is 1. The van der Waals surface area contributed by atoms with Crippen LogP contribution in [0.15, 0.2) is 46.9 Å². The zero-order valence-electron chi connectivity index (χ0n) is 11.9. The van der Waals surface area contributed by atoms with Crippen molar-refractivity contribution < 1.29 is 4.79 Å². The number of ketones is 1. The Balaban J connectivity index is 1.78. The van der Waals surface area contributed by atoms with Gasteiger partial charge >= 0.3 is 0 Å². The lowest BCUT2D eigenvalue weighted by Crippen LogP contribution is -2.22. The van der Waals surface area contributed by atoms with Gasteiger partial charge in [-0.05, 0) is 44.2 Å². The summed E-state index contributed by atoms with van der Waals surface area (Å²) >= 11 is 1.90. The van der Waals surface area contributed by atoms with Crippen LogP contribution in [-0.2, 0) is 4.79 Å². The molecule has 3 rings (SSSR count). The molecule has 0 aromatic heterocycles. The number of rotatable bonds is 2. The average Bonchev–Trinajstić information content (AvgIpc) is 2.88. The second kappa shape index (κ2) is 6.62. The Morgan fingerprint density at radius 3 is 2.70 bits per heavy atom. The first kappa shape index (κ1) is 13.9. The Labute approximate surface area is 125 Å². The molecule has 0 bridgehead atoms. The molecule has 1 aromatic rings. The van der Waals surface area contributed by atoms with E-state index in [1.54, 1.807) is 0 Å². The highest BCUT2D eigenvalue weighted by molar-refractivity contribution is 8.00. The maximum absolute atomic E-state index is 12.5. The second-order valence-electron chi connectivity index (χ2n) is 5.83. The van der Waals surface area contributed by atoms with Gasteiger partial charge in [0.15, 0.2) is 0 Å². The Hall–Kier alpha value is -1.02. The van der Waals surface area contributed by atoms with Gasteiger partial charge in [0.1, 0.15) is 5.78 Å². The third kappa shape index (κ3) is 3.17. The molecule has 0 saturated heterocycles. The van der Waals surface area contributed by atoms with Gasteiger partial charge in [-0.25, -0.2) is 0 Å². The van der Waals surface area contributed by atoms with Crippen LogP contribution in [0.5, 0.6) is 0 Å². The molecular weight excluding hydrogens is 264 g/mol. The first-order valence-corrected chi connectivity index (χ1v) is 8.66. The summed E-state index contributed by atoms with van der Waals surface area (Å²) in [7, 11) is 0. The van der Waals surface area contributed by atoms with Gasteiger partial charge in [-0.2, -0.15) is 0 Å². The summed E-state index contributed by atoms with van der Waals surface area (Å²) in [5.74, 6) is 0.683. The fourth-order valence-electron chi connectivity index (χ4n) is 3.38. The Bertz CT molecular complexity index is 491. The van der Waals surface area contributed by atoms with Gasteiger partial charge in [-0.1, -0.05) is 36.3 Å². The maximum atomic E-state index is 12.5. The van der Waals surface area contributed by atoms with E-state index in [9.17, 15) is 4.79 Å². The molecular formula is C18H22OS. The molecule has 2 aliphatic rings. The number of benzene rings is 1. The Morgan fingerprint density at radius 2 is 1.85 bits per heavy atom. The minimum Gasteiger partial charge on any atom is -0.299 e. The van der Waals surface area contributed by atoms with Crippen molar-refractivity contribution in [2.75, 3.05) is 0 Å². The number of carbonyl (C=O) groups is 1. The highest BCUT2D eigenvalue weighted by Gasteiger charge is 2.36. The molecule has 0 amide bonds. The van der Waals surface area contributed by atoms with E-state index in [0.717, 1.165) is 25.7 Å². The van der Waals surface area contributed by atoms with E-state index in [2.05, 4.69) is 36.4 Å². The molecule has 0 aliphatic heterocycles. The van der Waals surface area contributed by atoms with E-state index < -0.39 is 0 Å². The van der Waals surface area contributed by atoms with Crippen LogP contribution in [0.4, 0.5) is 0 Å². The van der Waals surface area contributed by atoms with Crippen LogP contribution < -0.4 is 0 Å². The number of hydrogen-bond donors (Lipinski definition) is 0. The molecule has 1 fully saturated rings. The van der Waals surface area contributed by atoms with Crippen molar-refractivity contribution in [1.82, 2.24) is 0 Å². The van der Waals surface area contributed by atoms with Crippen molar-refractivity contribution in [2.45, 2.75) is 55.1 Å². The van der Waals surface area contributed by atoms with E-state index >= 15 is 0 Å². The minimum absolute atomic E-state index is 0.193. The van der Waals surface area contributed by atoms with E-state index in [1.807, 2.05) is 11.8 Å². The fraction of sp³-hybridized carbons (Fsp3) is 0.500. The summed E-state index contributed by atoms with van der Waals surface area (Å²) in [6, 6.07) is 10.5. The largest absolute Gasteiger partial charge is 0.299 e. The van der Waals surface area contributed by atoms with Crippen molar-refractivity contribution in [1.29, 1.82) is 0 Å². The van der Waals surface area contributed by atoms with Crippen molar-refractivity contribution >= 4 is 17.5 Å². The Morgan fingerprint density at radius 1 is 1.00 bits per heavy atom. The third-order valence-electron chi connectivity index (χ3n) is 4.40. The van der Waals surface area contributed by atoms with Crippen LogP contribution in [0.2, 0.25) is 0 Å². The molecule has 2 aliphatic carbocycles.